The molecule has 0 aliphatic carbocycles. The zero-order chi connectivity index (χ0) is 19.8. The van der Waals surface area contributed by atoms with Crippen molar-refractivity contribution in [2.45, 2.75) is 0 Å². The number of ether oxygens (including phenoxy) is 2. The predicted octanol–water partition coefficient (Wildman–Crippen LogP) is 4.80. The van der Waals surface area contributed by atoms with E-state index < -0.39 is 5.97 Å². The van der Waals surface area contributed by atoms with Crippen LogP contribution < -0.4 is 4.74 Å². The Morgan fingerprint density at radius 3 is 2.11 bits per heavy atom. The lowest BCUT2D eigenvalue weighted by molar-refractivity contribution is -0.136. The van der Waals surface area contributed by atoms with Crippen molar-refractivity contribution in [1.82, 2.24) is 0 Å². The molecular weight excluding hydrogens is 352 g/mol. The van der Waals surface area contributed by atoms with Gasteiger partial charge in [0.15, 0.2) is 12.4 Å². The molecule has 3 aromatic rings. The molecule has 0 bridgehead atoms. The lowest BCUT2D eigenvalue weighted by atomic mass is 10.0. The number of hydrogen-bond donors (Lipinski definition) is 0. The van der Waals surface area contributed by atoms with Crippen molar-refractivity contribution in [3.05, 3.63) is 96.1 Å². The number of benzene rings is 3. The quantitative estimate of drug-likeness (QED) is 0.340. The summed E-state index contributed by atoms with van der Waals surface area (Å²) in [5, 5.41) is 0. The standard InChI is InChI=1S/C24H20O4/c1-27-22-14-7-18(8-15-22)9-16-24(26)28-17-23(25)21-12-10-20(11-13-21)19-5-3-2-4-6-19/h2-16H,17H2,1H3/b16-9+. The lowest BCUT2D eigenvalue weighted by Gasteiger charge is -2.05. The summed E-state index contributed by atoms with van der Waals surface area (Å²) in [5.41, 5.74) is 3.44. The van der Waals surface area contributed by atoms with Gasteiger partial charge in [0.25, 0.3) is 0 Å². The van der Waals surface area contributed by atoms with Crippen molar-refractivity contribution in [3.63, 3.8) is 0 Å². The van der Waals surface area contributed by atoms with Gasteiger partial charge in [-0.3, -0.25) is 4.79 Å². The summed E-state index contributed by atoms with van der Waals surface area (Å²) < 4.78 is 10.1. The van der Waals surface area contributed by atoms with Crippen molar-refractivity contribution >= 4 is 17.8 Å². The van der Waals surface area contributed by atoms with E-state index in [1.807, 2.05) is 54.6 Å². The molecule has 0 N–H and O–H groups in total. The highest BCUT2D eigenvalue weighted by Crippen LogP contribution is 2.19. The third kappa shape index (κ3) is 5.17. The topological polar surface area (TPSA) is 52.6 Å². The van der Waals surface area contributed by atoms with Crippen LogP contribution in [0.3, 0.4) is 0 Å². The van der Waals surface area contributed by atoms with Crippen LogP contribution in [0.25, 0.3) is 17.2 Å². The molecular formula is C24H20O4. The summed E-state index contributed by atoms with van der Waals surface area (Å²) in [6.07, 6.45) is 2.93. The Kier molecular flexibility index (Phi) is 6.37. The third-order valence-electron chi connectivity index (χ3n) is 4.19. The van der Waals surface area contributed by atoms with Gasteiger partial charge in [0, 0.05) is 11.6 Å². The number of rotatable bonds is 7. The van der Waals surface area contributed by atoms with Gasteiger partial charge < -0.3 is 9.47 Å². The van der Waals surface area contributed by atoms with Crippen LogP contribution in [0.2, 0.25) is 0 Å². The molecule has 4 heteroatoms. The van der Waals surface area contributed by atoms with E-state index in [2.05, 4.69) is 0 Å². The zero-order valence-corrected chi connectivity index (χ0v) is 15.5. The Morgan fingerprint density at radius 2 is 1.46 bits per heavy atom. The monoisotopic (exact) mass is 372 g/mol. The van der Waals surface area contributed by atoms with E-state index in [0.717, 1.165) is 22.4 Å². The first kappa shape index (κ1) is 19.1. The Balaban J connectivity index is 1.53. The molecule has 0 spiro atoms. The minimum Gasteiger partial charge on any atom is -0.497 e. The average molecular weight is 372 g/mol. The molecule has 0 aliphatic rings. The van der Waals surface area contributed by atoms with Gasteiger partial charge in [0.1, 0.15) is 5.75 Å². The van der Waals surface area contributed by atoms with Crippen LogP contribution in [-0.2, 0) is 9.53 Å². The second kappa shape index (κ2) is 9.33. The third-order valence-corrected chi connectivity index (χ3v) is 4.19. The molecule has 4 nitrogen and oxygen atoms in total. The fraction of sp³-hybridized carbons (Fsp3) is 0.0833. The first-order valence-electron chi connectivity index (χ1n) is 8.83. The van der Waals surface area contributed by atoms with E-state index >= 15 is 0 Å². The van der Waals surface area contributed by atoms with Crippen molar-refractivity contribution in [1.29, 1.82) is 0 Å². The summed E-state index contributed by atoms with van der Waals surface area (Å²) in [4.78, 5) is 24.1. The van der Waals surface area contributed by atoms with Crippen LogP contribution in [0.15, 0.2) is 84.9 Å². The second-order valence-corrected chi connectivity index (χ2v) is 6.08. The number of ketones is 1. The maximum absolute atomic E-state index is 12.2. The molecule has 28 heavy (non-hydrogen) atoms. The van der Waals surface area contributed by atoms with E-state index in [-0.39, 0.29) is 12.4 Å². The molecule has 0 saturated heterocycles. The van der Waals surface area contributed by atoms with Gasteiger partial charge in [-0.25, -0.2) is 4.79 Å². The van der Waals surface area contributed by atoms with Crippen molar-refractivity contribution in [2.75, 3.05) is 13.7 Å². The zero-order valence-electron chi connectivity index (χ0n) is 15.5. The van der Waals surface area contributed by atoms with Crippen LogP contribution in [0.5, 0.6) is 5.75 Å². The smallest absolute Gasteiger partial charge is 0.331 e. The van der Waals surface area contributed by atoms with Gasteiger partial charge in [0.2, 0.25) is 0 Å². The fourth-order valence-corrected chi connectivity index (χ4v) is 2.63. The van der Waals surface area contributed by atoms with Gasteiger partial charge in [0.05, 0.1) is 7.11 Å². The largest absolute Gasteiger partial charge is 0.497 e. The molecule has 0 aliphatic heterocycles. The van der Waals surface area contributed by atoms with Crippen molar-refractivity contribution in [3.8, 4) is 16.9 Å². The summed E-state index contributed by atoms with van der Waals surface area (Å²) in [6.45, 7) is -0.295. The maximum atomic E-state index is 12.2. The number of carbonyl (C=O) groups excluding carboxylic acids is 2. The number of hydrogen-bond acceptors (Lipinski definition) is 4. The fourth-order valence-electron chi connectivity index (χ4n) is 2.63. The highest BCUT2D eigenvalue weighted by atomic mass is 16.5. The molecule has 0 saturated carbocycles. The molecule has 0 atom stereocenters. The molecule has 140 valence electrons. The molecule has 0 amide bonds. The highest BCUT2D eigenvalue weighted by molar-refractivity contribution is 5.99. The van der Waals surface area contributed by atoms with E-state index in [1.54, 1.807) is 37.5 Å². The maximum Gasteiger partial charge on any atom is 0.331 e. The van der Waals surface area contributed by atoms with Gasteiger partial charge in [-0.05, 0) is 34.9 Å². The number of esters is 1. The SMILES string of the molecule is COc1ccc(/C=C/C(=O)OCC(=O)c2ccc(-c3ccccc3)cc2)cc1. The summed E-state index contributed by atoms with van der Waals surface area (Å²) in [6, 6.07) is 24.4. The second-order valence-electron chi connectivity index (χ2n) is 6.08. The lowest BCUT2D eigenvalue weighted by Crippen LogP contribution is -2.12. The number of Topliss-reactive ketones (excluding diaryl/α,β-unsaturated/α-hetero) is 1. The van der Waals surface area contributed by atoms with Crippen molar-refractivity contribution < 1.29 is 19.1 Å². The van der Waals surface area contributed by atoms with E-state index in [1.165, 1.54) is 6.08 Å². The molecule has 0 aromatic heterocycles. The highest BCUT2D eigenvalue weighted by Gasteiger charge is 2.09. The van der Waals surface area contributed by atoms with Crippen LogP contribution in [0, 0.1) is 0 Å². The molecule has 0 unspecified atom stereocenters. The van der Waals surface area contributed by atoms with E-state index in [0.29, 0.717) is 5.56 Å². The van der Waals surface area contributed by atoms with Crippen LogP contribution in [-0.4, -0.2) is 25.5 Å². The molecule has 0 fully saturated rings. The summed E-state index contributed by atoms with van der Waals surface area (Å²) in [5.74, 6) is -0.0699. The Bertz CT molecular complexity index is 956. The van der Waals surface area contributed by atoms with Gasteiger partial charge in [-0.1, -0.05) is 66.7 Å². The van der Waals surface area contributed by atoms with Crippen LogP contribution in [0.1, 0.15) is 15.9 Å². The first-order valence-corrected chi connectivity index (χ1v) is 8.83. The predicted molar refractivity (Wildman–Crippen MR) is 109 cm³/mol. The summed E-state index contributed by atoms with van der Waals surface area (Å²) >= 11 is 0. The first-order chi connectivity index (χ1) is 13.7. The van der Waals surface area contributed by atoms with Crippen LogP contribution >= 0.6 is 0 Å². The van der Waals surface area contributed by atoms with Crippen LogP contribution in [0.4, 0.5) is 0 Å². The normalized spacial score (nSPS) is 10.6. The molecule has 3 aromatic carbocycles. The van der Waals surface area contributed by atoms with E-state index in [9.17, 15) is 9.59 Å². The van der Waals surface area contributed by atoms with Crippen molar-refractivity contribution in [2.24, 2.45) is 0 Å². The number of carbonyl (C=O) groups is 2. The number of methoxy groups -OCH3 is 1. The minimum absolute atomic E-state index is 0.245. The summed E-state index contributed by atoms with van der Waals surface area (Å²) in [7, 11) is 1.59. The van der Waals surface area contributed by atoms with E-state index in [4.69, 9.17) is 9.47 Å². The minimum atomic E-state index is -0.565. The van der Waals surface area contributed by atoms with Gasteiger partial charge >= 0.3 is 5.97 Å². The molecule has 0 radical (unpaired) electrons. The Hall–Kier alpha value is -3.66. The Labute approximate surface area is 164 Å². The van der Waals surface area contributed by atoms with Gasteiger partial charge in [-0.2, -0.15) is 0 Å². The Morgan fingerprint density at radius 1 is 0.821 bits per heavy atom. The molecule has 3 rings (SSSR count). The average Bonchev–Trinajstić information content (AvgIpc) is 2.77. The molecule has 0 heterocycles. The van der Waals surface area contributed by atoms with Gasteiger partial charge in [-0.15, -0.1) is 0 Å².